The summed E-state index contributed by atoms with van der Waals surface area (Å²) in [5, 5.41) is 11.0. The molecule has 4 nitrogen and oxygen atoms in total. The number of hydrogen-bond donors (Lipinski definition) is 0. The van der Waals surface area contributed by atoms with Crippen LogP contribution in [0.5, 0.6) is 0 Å². The van der Waals surface area contributed by atoms with Gasteiger partial charge < -0.3 is 14.6 Å². The van der Waals surface area contributed by atoms with Gasteiger partial charge in [-0.3, -0.25) is 4.79 Å². The van der Waals surface area contributed by atoms with E-state index in [2.05, 4.69) is 19.1 Å². The van der Waals surface area contributed by atoms with Gasteiger partial charge in [-0.2, -0.15) is 0 Å². The summed E-state index contributed by atoms with van der Waals surface area (Å²) in [7, 11) is 0. The molecule has 120 valence electrons. The van der Waals surface area contributed by atoms with Crippen LogP contribution in [0.2, 0.25) is 0 Å². The first-order valence-corrected chi connectivity index (χ1v) is 8.19. The van der Waals surface area contributed by atoms with Gasteiger partial charge in [-0.25, -0.2) is 0 Å². The summed E-state index contributed by atoms with van der Waals surface area (Å²) in [5.41, 5.74) is 0. The molecule has 1 aliphatic rings. The van der Waals surface area contributed by atoms with Gasteiger partial charge in [0.2, 0.25) is 0 Å². The summed E-state index contributed by atoms with van der Waals surface area (Å²) in [5.74, 6) is -2.65. The Balaban J connectivity index is 0.00000441. The van der Waals surface area contributed by atoms with Gasteiger partial charge in [-0.15, -0.1) is 0 Å². The molecule has 1 rings (SSSR count). The normalized spacial score (nSPS) is 21.3. The van der Waals surface area contributed by atoms with Crippen LogP contribution in [0.15, 0.2) is 12.2 Å². The maximum Gasteiger partial charge on any atom is 1.00 e. The molecular formula is C17H27NaO4. The Morgan fingerprint density at radius 2 is 1.68 bits per heavy atom. The summed E-state index contributed by atoms with van der Waals surface area (Å²) in [6.45, 7) is 2.53. The molecule has 0 aromatic carbocycles. The zero-order chi connectivity index (χ0) is 15.5. The predicted octanol–water partition coefficient (Wildman–Crippen LogP) is -0.383. The average molecular weight is 318 g/mol. The standard InChI is InChI=1S/C17H28O4.Na/c1-2-3-4-5-6-7-10-13-21-17(20)15-12-9-8-11-14(15)16(18)19;/h5-6,14-15H,2-4,7-13H2,1H3,(H,18,19);/q;+1/p-1/b6-5+;. The topological polar surface area (TPSA) is 66.4 Å². The van der Waals surface area contributed by atoms with Crippen molar-refractivity contribution in [2.75, 3.05) is 6.61 Å². The molecule has 1 aliphatic carbocycles. The quantitative estimate of drug-likeness (QED) is 0.251. The second-order valence-corrected chi connectivity index (χ2v) is 5.74. The smallest absolute Gasteiger partial charge is 0.550 e. The van der Waals surface area contributed by atoms with Gasteiger partial charge in [0.25, 0.3) is 0 Å². The number of carbonyl (C=O) groups excluding carboxylic acids is 2. The monoisotopic (exact) mass is 318 g/mol. The number of esters is 1. The van der Waals surface area contributed by atoms with E-state index in [1.165, 1.54) is 12.8 Å². The van der Waals surface area contributed by atoms with Gasteiger partial charge >= 0.3 is 35.5 Å². The van der Waals surface area contributed by atoms with Crippen molar-refractivity contribution in [2.45, 2.75) is 64.7 Å². The maximum atomic E-state index is 12.0. The van der Waals surface area contributed by atoms with Gasteiger partial charge in [0, 0.05) is 11.9 Å². The number of carbonyl (C=O) groups is 2. The summed E-state index contributed by atoms with van der Waals surface area (Å²) in [6.07, 6.45) is 12.4. The Morgan fingerprint density at radius 3 is 2.27 bits per heavy atom. The summed E-state index contributed by atoms with van der Waals surface area (Å²) < 4.78 is 5.23. The van der Waals surface area contributed by atoms with E-state index in [4.69, 9.17) is 4.74 Å². The molecule has 5 heteroatoms. The van der Waals surface area contributed by atoms with Crippen molar-refractivity contribution in [3.8, 4) is 0 Å². The Morgan fingerprint density at radius 1 is 1.09 bits per heavy atom. The first-order chi connectivity index (χ1) is 10.2. The summed E-state index contributed by atoms with van der Waals surface area (Å²) >= 11 is 0. The maximum absolute atomic E-state index is 12.0. The molecule has 0 radical (unpaired) electrons. The van der Waals surface area contributed by atoms with Crippen LogP contribution < -0.4 is 34.7 Å². The fraction of sp³-hybridized carbons (Fsp3) is 0.765. The molecule has 0 bridgehead atoms. The third-order valence-electron chi connectivity index (χ3n) is 4.02. The molecule has 0 saturated heterocycles. The van der Waals surface area contributed by atoms with Crippen molar-refractivity contribution in [1.82, 2.24) is 0 Å². The van der Waals surface area contributed by atoms with Crippen LogP contribution >= 0.6 is 0 Å². The van der Waals surface area contributed by atoms with Crippen molar-refractivity contribution in [3.63, 3.8) is 0 Å². The molecule has 0 N–H and O–H groups in total. The largest absolute Gasteiger partial charge is 1.00 e. The number of carboxylic acid groups (broad SMARTS) is 1. The first-order valence-electron chi connectivity index (χ1n) is 8.19. The fourth-order valence-electron chi connectivity index (χ4n) is 2.73. The minimum Gasteiger partial charge on any atom is -0.550 e. The summed E-state index contributed by atoms with van der Waals surface area (Å²) in [4.78, 5) is 23.0. The Hall–Kier alpha value is -0.320. The molecule has 22 heavy (non-hydrogen) atoms. The van der Waals surface area contributed by atoms with Crippen molar-refractivity contribution in [3.05, 3.63) is 12.2 Å². The molecular weight excluding hydrogens is 291 g/mol. The third kappa shape index (κ3) is 8.35. The Bertz CT molecular complexity index is 355. The number of rotatable bonds is 9. The third-order valence-corrected chi connectivity index (χ3v) is 4.02. The minimum absolute atomic E-state index is 0. The second kappa shape index (κ2) is 13.1. The molecule has 0 aromatic rings. The van der Waals surface area contributed by atoms with Gasteiger partial charge in [0.15, 0.2) is 0 Å². The van der Waals surface area contributed by atoms with E-state index >= 15 is 0 Å². The molecule has 0 spiro atoms. The van der Waals surface area contributed by atoms with Crippen molar-refractivity contribution < 1.29 is 49.0 Å². The van der Waals surface area contributed by atoms with Gasteiger partial charge in [0.05, 0.1) is 12.5 Å². The number of hydrogen-bond acceptors (Lipinski definition) is 4. The van der Waals surface area contributed by atoms with Gasteiger partial charge in [0.1, 0.15) is 0 Å². The molecule has 2 unspecified atom stereocenters. The number of aliphatic carboxylic acids is 1. The SMILES string of the molecule is CCCC/C=C/CCCOC(=O)C1CCCCC1C(=O)[O-].[Na+]. The van der Waals surface area contributed by atoms with Crippen LogP contribution in [-0.2, 0) is 14.3 Å². The molecule has 0 aromatic heterocycles. The van der Waals surface area contributed by atoms with E-state index in [-0.39, 0.29) is 35.5 Å². The Labute approximate surface area is 156 Å². The number of carboxylic acids is 1. The second-order valence-electron chi connectivity index (χ2n) is 5.74. The van der Waals surface area contributed by atoms with E-state index in [0.29, 0.717) is 19.4 Å². The van der Waals surface area contributed by atoms with Crippen LogP contribution in [-0.4, -0.2) is 18.5 Å². The van der Waals surface area contributed by atoms with Crippen LogP contribution in [0, 0.1) is 11.8 Å². The Kier molecular flexibility index (Phi) is 13.0. The molecule has 1 fully saturated rings. The molecule has 0 amide bonds. The van der Waals surface area contributed by atoms with Crippen LogP contribution in [0.4, 0.5) is 0 Å². The fourth-order valence-corrected chi connectivity index (χ4v) is 2.73. The summed E-state index contributed by atoms with van der Waals surface area (Å²) in [6, 6.07) is 0. The zero-order valence-corrected chi connectivity index (χ0v) is 16.0. The average Bonchev–Trinajstić information content (AvgIpc) is 2.49. The molecule has 2 atom stereocenters. The van der Waals surface area contributed by atoms with Crippen molar-refractivity contribution in [2.24, 2.45) is 11.8 Å². The van der Waals surface area contributed by atoms with E-state index in [0.717, 1.165) is 32.1 Å². The molecule has 0 aliphatic heterocycles. The van der Waals surface area contributed by atoms with Crippen molar-refractivity contribution >= 4 is 11.9 Å². The van der Waals surface area contributed by atoms with Gasteiger partial charge in [-0.05, 0) is 32.1 Å². The first kappa shape index (κ1) is 21.7. The number of allylic oxidation sites excluding steroid dienone is 2. The number of unbranched alkanes of at least 4 members (excludes halogenated alkanes) is 3. The zero-order valence-electron chi connectivity index (χ0n) is 14.0. The van der Waals surface area contributed by atoms with Crippen molar-refractivity contribution in [1.29, 1.82) is 0 Å². The number of ether oxygens (including phenoxy) is 1. The van der Waals surface area contributed by atoms with Gasteiger partial charge in [-0.1, -0.05) is 44.8 Å². The van der Waals surface area contributed by atoms with Crippen LogP contribution in [0.3, 0.4) is 0 Å². The van der Waals surface area contributed by atoms with E-state index in [9.17, 15) is 14.7 Å². The van der Waals surface area contributed by atoms with E-state index in [1.807, 2.05) is 0 Å². The van der Waals surface area contributed by atoms with Crippen LogP contribution in [0.1, 0.15) is 64.7 Å². The van der Waals surface area contributed by atoms with Crippen LogP contribution in [0.25, 0.3) is 0 Å². The van der Waals surface area contributed by atoms with E-state index < -0.39 is 17.8 Å². The van der Waals surface area contributed by atoms with E-state index in [1.54, 1.807) is 0 Å². The predicted molar refractivity (Wildman–Crippen MR) is 79.3 cm³/mol. The molecule has 1 saturated carbocycles. The molecule has 0 heterocycles. The minimum atomic E-state index is -1.12.